The Bertz CT molecular complexity index is 662. The molecule has 8 nitrogen and oxygen atoms in total. The van der Waals surface area contributed by atoms with Crippen molar-refractivity contribution in [3.63, 3.8) is 0 Å². The number of methoxy groups -OCH3 is 1. The summed E-state index contributed by atoms with van der Waals surface area (Å²) >= 11 is 3.13. The zero-order chi connectivity index (χ0) is 16.4. The third kappa shape index (κ3) is 3.70. The lowest BCUT2D eigenvalue weighted by molar-refractivity contribution is -0.386. The molecule has 0 aliphatic carbocycles. The third-order valence-corrected chi connectivity index (χ3v) is 5.21. The summed E-state index contributed by atoms with van der Waals surface area (Å²) in [5.74, 6) is -0.308. The first kappa shape index (κ1) is 17.8. The zero-order valence-electron chi connectivity index (χ0n) is 11.7. The van der Waals surface area contributed by atoms with Crippen molar-refractivity contribution in [3.05, 3.63) is 26.2 Å². The van der Waals surface area contributed by atoms with Gasteiger partial charge in [-0.3, -0.25) is 10.1 Å². The molecular formula is C11H16BrN3O5S. The monoisotopic (exact) mass is 381 g/mol. The molecule has 118 valence electrons. The Morgan fingerprint density at radius 2 is 2.14 bits per heavy atom. The van der Waals surface area contributed by atoms with Crippen LogP contribution in [-0.4, -0.2) is 33.0 Å². The number of hydrogen-bond acceptors (Lipinski definition) is 6. The molecule has 0 unspecified atom stereocenters. The molecule has 1 aromatic carbocycles. The highest BCUT2D eigenvalue weighted by Gasteiger charge is 2.31. The van der Waals surface area contributed by atoms with Gasteiger partial charge in [0, 0.05) is 22.6 Å². The Labute approximate surface area is 131 Å². The minimum Gasteiger partial charge on any atom is -0.489 e. The molecule has 0 saturated carbocycles. The summed E-state index contributed by atoms with van der Waals surface area (Å²) in [7, 11) is -2.82. The van der Waals surface area contributed by atoms with Gasteiger partial charge in [-0.25, -0.2) is 13.1 Å². The summed E-state index contributed by atoms with van der Waals surface area (Å²) in [5.41, 5.74) is 5.27. The maximum absolute atomic E-state index is 12.3. The molecule has 0 aromatic heterocycles. The minimum atomic E-state index is -4.00. The highest BCUT2D eigenvalue weighted by atomic mass is 79.9. The summed E-state index contributed by atoms with van der Waals surface area (Å²) in [6.45, 7) is 3.18. The van der Waals surface area contributed by atoms with Gasteiger partial charge in [-0.2, -0.15) is 0 Å². The third-order valence-electron chi connectivity index (χ3n) is 2.80. The molecule has 21 heavy (non-hydrogen) atoms. The van der Waals surface area contributed by atoms with E-state index >= 15 is 0 Å². The molecule has 1 atom stereocenters. The number of nitro groups is 1. The van der Waals surface area contributed by atoms with Crippen molar-refractivity contribution in [2.45, 2.75) is 24.8 Å². The summed E-state index contributed by atoms with van der Waals surface area (Å²) < 4.78 is 32.3. The van der Waals surface area contributed by atoms with Crippen LogP contribution in [0.25, 0.3) is 0 Å². The number of rotatable bonds is 6. The average Bonchev–Trinajstić information content (AvgIpc) is 2.39. The number of nitro benzene ring substituents is 1. The Kier molecular flexibility index (Phi) is 5.68. The number of ether oxygens (including phenoxy) is 1. The van der Waals surface area contributed by atoms with Crippen molar-refractivity contribution >= 4 is 31.6 Å². The van der Waals surface area contributed by atoms with Gasteiger partial charge in [0.1, 0.15) is 4.90 Å². The van der Waals surface area contributed by atoms with Crippen LogP contribution in [0, 0.1) is 17.0 Å². The van der Waals surface area contributed by atoms with Crippen molar-refractivity contribution in [1.29, 1.82) is 0 Å². The molecule has 1 aromatic rings. The molecule has 10 heteroatoms. The van der Waals surface area contributed by atoms with E-state index in [1.165, 1.54) is 20.1 Å². The molecule has 0 saturated heterocycles. The van der Waals surface area contributed by atoms with E-state index < -0.39 is 26.7 Å². The summed E-state index contributed by atoms with van der Waals surface area (Å²) in [4.78, 5) is 10.2. The van der Waals surface area contributed by atoms with Crippen LogP contribution in [-0.2, 0) is 10.0 Å². The lowest BCUT2D eigenvalue weighted by Gasteiger charge is -2.16. The lowest BCUT2D eigenvalue weighted by atomic mass is 10.2. The fourth-order valence-electron chi connectivity index (χ4n) is 1.68. The average molecular weight is 382 g/mol. The summed E-state index contributed by atoms with van der Waals surface area (Å²) in [6.07, 6.45) is 0. The number of nitrogens with one attached hydrogen (secondary N) is 1. The van der Waals surface area contributed by atoms with Gasteiger partial charge < -0.3 is 10.5 Å². The molecule has 1 rings (SSSR count). The van der Waals surface area contributed by atoms with E-state index in [2.05, 4.69) is 20.7 Å². The van der Waals surface area contributed by atoms with Crippen molar-refractivity contribution in [2.75, 3.05) is 13.7 Å². The molecule has 0 fully saturated rings. The normalized spacial score (nSPS) is 13.0. The quantitative estimate of drug-likeness (QED) is 0.564. The predicted octanol–water partition coefficient (Wildman–Crippen LogP) is 1.30. The Morgan fingerprint density at radius 1 is 1.57 bits per heavy atom. The Hall–Kier alpha value is -1.23. The fourth-order valence-corrected chi connectivity index (χ4v) is 3.70. The highest BCUT2D eigenvalue weighted by molar-refractivity contribution is 9.10. The van der Waals surface area contributed by atoms with Crippen LogP contribution in [0.2, 0.25) is 0 Å². The first-order chi connectivity index (χ1) is 9.65. The second-order valence-electron chi connectivity index (χ2n) is 4.38. The second-order valence-corrected chi connectivity index (χ2v) is 6.92. The molecule has 0 aliphatic heterocycles. The maximum atomic E-state index is 12.3. The highest BCUT2D eigenvalue weighted by Crippen LogP contribution is 2.40. The van der Waals surface area contributed by atoms with Gasteiger partial charge >= 0.3 is 5.69 Å². The van der Waals surface area contributed by atoms with E-state index in [9.17, 15) is 18.5 Å². The van der Waals surface area contributed by atoms with Crippen molar-refractivity contribution in [2.24, 2.45) is 5.73 Å². The number of benzene rings is 1. The zero-order valence-corrected chi connectivity index (χ0v) is 14.1. The number of sulfonamides is 1. The van der Waals surface area contributed by atoms with Gasteiger partial charge in [0.15, 0.2) is 0 Å². The van der Waals surface area contributed by atoms with Gasteiger partial charge in [0.25, 0.3) is 0 Å². The molecule has 3 N–H and O–H groups in total. The molecule has 0 aliphatic rings. The van der Waals surface area contributed by atoms with Crippen molar-refractivity contribution in [1.82, 2.24) is 4.72 Å². The van der Waals surface area contributed by atoms with E-state index in [1.807, 2.05) is 0 Å². The van der Waals surface area contributed by atoms with Crippen molar-refractivity contribution < 1.29 is 18.1 Å². The molecule has 0 amide bonds. The van der Waals surface area contributed by atoms with Crippen LogP contribution in [0.4, 0.5) is 5.69 Å². The van der Waals surface area contributed by atoms with E-state index in [0.29, 0.717) is 4.47 Å². The first-order valence-corrected chi connectivity index (χ1v) is 8.17. The number of nitrogens with zero attached hydrogens (tertiary/aromatic N) is 1. The van der Waals surface area contributed by atoms with E-state index in [-0.39, 0.29) is 22.8 Å². The summed E-state index contributed by atoms with van der Waals surface area (Å²) in [5, 5.41) is 11.2. The Morgan fingerprint density at radius 3 is 2.57 bits per heavy atom. The SMILES string of the molecule is COc1c(S(=O)(=O)N[C@@H](C)CN)cc(Br)c(C)c1[N+](=O)[O-]. The molecule has 0 spiro atoms. The van der Waals surface area contributed by atoms with Gasteiger partial charge in [-0.05, 0) is 19.9 Å². The number of nitrogens with two attached hydrogens (primary N) is 1. The van der Waals surface area contributed by atoms with E-state index in [4.69, 9.17) is 10.5 Å². The van der Waals surface area contributed by atoms with Gasteiger partial charge in [-0.15, -0.1) is 0 Å². The van der Waals surface area contributed by atoms with Gasteiger partial charge in [-0.1, -0.05) is 15.9 Å². The first-order valence-electron chi connectivity index (χ1n) is 5.89. The molecule has 0 radical (unpaired) electrons. The number of halogens is 1. The molecular weight excluding hydrogens is 366 g/mol. The molecule has 0 bridgehead atoms. The molecule has 0 heterocycles. The van der Waals surface area contributed by atoms with Crippen molar-refractivity contribution in [3.8, 4) is 5.75 Å². The predicted molar refractivity (Wildman–Crippen MR) is 80.9 cm³/mol. The van der Waals surface area contributed by atoms with E-state index in [1.54, 1.807) is 6.92 Å². The van der Waals surface area contributed by atoms with Crippen LogP contribution in [0.5, 0.6) is 5.75 Å². The maximum Gasteiger partial charge on any atom is 0.316 e. The van der Waals surface area contributed by atoms with Gasteiger partial charge in [0.05, 0.1) is 12.0 Å². The smallest absolute Gasteiger partial charge is 0.316 e. The number of hydrogen-bond donors (Lipinski definition) is 2. The second kappa shape index (κ2) is 6.69. The fraction of sp³-hybridized carbons (Fsp3) is 0.455. The van der Waals surface area contributed by atoms with Crippen LogP contribution >= 0.6 is 15.9 Å². The van der Waals surface area contributed by atoms with Crippen LogP contribution < -0.4 is 15.2 Å². The van der Waals surface area contributed by atoms with Crippen LogP contribution in [0.3, 0.4) is 0 Å². The van der Waals surface area contributed by atoms with Crippen LogP contribution in [0.1, 0.15) is 12.5 Å². The standard InChI is InChI=1S/C11H16BrN3O5S/c1-6(5-13)14-21(18,19)9-4-8(12)7(2)10(15(16)17)11(9)20-3/h4,6,14H,5,13H2,1-3H3/t6-/m0/s1. The van der Waals surface area contributed by atoms with E-state index in [0.717, 1.165) is 0 Å². The minimum absolute atomic E-state index is 0.0939. The Balaban J connectivity index is 3.61. The summed E-state index contributed by atoms with van der Waals surface area (Å²) in [6, 6.07) is 0.756. The van der Waals surface area contributed by atoms with Gasteiger partial charge in [0.2, 0.25) is 15.8 Å². The topological polar surface area (TPSA) is 125 Å². The lowest BCUT2D eigenvalue weighted by Crippen LogP contribution is -2.38. The largest absolute Gasteiger partial charge is 0.489 e. The van der Waals surface area contributed by atoms with Crippen LogP contribution in [0.15, 0.2) is 15.4 Å².